The second-order valence-corrected chi connectivity index (χ2v) is 10.9. The minimum absolute atomic E-state index is 0.0270. The van der Waals surface area contributed by atoms with E-state index in [0.29, 0.717) is 0 Å². The normalized spacial score (nSPS) is 21.2. The first kappa shape index (κ1) is 22.3. The van der Waals surface area contributed by atoms with Gasteiger partial charge in [-0.15, -0.1) is 0 Å². The Kier molecular flexibility index (Phi) is 4.80. The van der Waals surface area contributed by atoms with Gasteiger partial charge in [0.1, 0.15) is 6.04 Å². The van der Waals surface area contributed by atoms with Gasteiger partial charge in [0, 0.05) is 34.5 Å². The van der Waals surface area contributed by atoms with Crippen molar-refractivity contribution in [3.63, 3.8) is 0 Å². The summed E-state index contributed by atoms with van der Waals surface area (Å²) < 4.78 is 0. The molecule has 2 unspecified atom stereocenters. The maximum Gasteiger partial charge on any atom is 0.105 e. The Morgan fingerprint density at radius 1 is 0.744 bits per heavy atom. The summed E-state index contributed by atoms with van der Waals surface area (Å²) >= 11 is 0. The highest BCUT2D eigenvalue weighted by Crippen LogP contribution is 2.46. The average molecular weight is 503 g/mol. The number of fused-ring (bicyclic) bond motifs is 7. The van der Waals surface area contributed by atoms with Crippen LogP contribution in [-0.2, 0) is 6.42 Å². The quantitative estimate of drug-likeness (QED) is 0.246. The fourth-order valence-electron chi connectivity index (χ4n) is 6.15. The molecule has 39 heavy (non-hydrogen) atoms. The van der Waals surface area contributed by atoms with Crippen molar-refractivity contribution < 1.29 is 0 Å². The smallest absolute Gasteiger partial charge is 0.105 e. The summed E-state index contributed by atoms with van der Waals surface area (Å²) in [5.74, 6) is 0. The van der Waals surface area contributed by atoms with Crippen LogP contribution in [0.1, 0.15) is 47.3 Å². The van der Waals surface area contributed by atoms with Gasteiger partial charge in [-0.3, -0.25) is 20.0 Å². The zero-order valence-electron chi connectivity index (χ0n) is 21.7. The molecule has 0 N–H and O–H groups in total. The van der Waals surface area contributed by atoms with E-state index in [9.17, 15) is 0 Å². The molecule has 8 rings (SSSR count). The molecule has 0 amide bonds. The van der Waals surface area contributed by atoms with Gasteiger partial charge in [-0.2, -0.15) is 0 Å². The summed E-state index contributed by atoms with van der Waals surface area (Å²) in [5, 5.41) is 3.54. The molecule has 5 aromatic rings. The van der Waals surface area contributed by atoms with Gasteiger partial charge in [0.25, 0.3) is 0 Å². The van der Waals surface area contributed by atoms with Gasteiger partial charge in [-0.1, -0.05) is 73.7 Å². The molecular weight excluding hydrogens is 476 g/mol. The van der Waals surface area contributed by atoms with Crippen LogP contribution < -0.4 is 0 Å². The molecule has 2 aliphatic heterocycles. The van der Waals surface area contributed by atoms with Crippen LogP contribution in [0.5, 0.6) is 0 Å². The van der Waals surface area contributed by atoms with Crippen LogP contribution in [0.3, 0.4) is 0 Å². The molecule has 0 saturated carbocycles. The van der Waals surface area contributed by atoms with E-state index in [2.05, 4.69) is 96.9 Å². The third kappa shape index (κ3) is 3.59. The molecule has 1 aliphatic carbocycles. The monoisotopic (exact) mass is 502 g/mol. The van der Waals surface area contributed by atoms with Crippen molar-refractivity contribution in [1.29, 1.82) is 0 Å². The molecule has 0 spiro atoms. The third-order valence-electron chi connectivity index (χ3n) is 8.39. The molecule has 4 nitrogen and oxygen atoms in total. The number of aryl methyl sites for hydroxylation is 1. The van der Waals surface area contributed by atoms with Crippen LogP contribution in [0.25, 0.3) is 27.8 Å². The summed E-state index contributed by atoms with van der Waals surface area (Å²) in [7, 11) is 0. The fourth-order valence-corrected chi connectivity index (χ4v) is 6.15. The van der Waals surface area contributed by atoms with Gasteiger partial charge < -0.3 is 0 Å². The number of pyridine rings is 2. The molecule has 4 heteroatoms. The molecule has 2 atom stereocenters. The summed E-state index contributed by atoms with van der Waals surface area (Å²) in [5.41, 5.74) is 9.72. The lowest BCUT2D eigenvalue weighted by atomic mass is 9.73. The number of hydrogen-bond donors (Lipinski definition) is 0. The standard InChI is InChI=1S/C35H26N4/c1-35-16-14-24-5-3-19-37-33(24)34(35)39-30(15-17-35)27-11-7-22-6-10-26(20-28(22)21-27)29-13-12-25-9-8-23-4-2-18-36-31(23)32(25)38-29/h2-11,14-21,34H,12-13H2,1H3. The molecular formula is C35H26N4. The lowest BCUT2D eigenvalue weighted by Gasteiger charge is -2.36. The second-order valence-electron chi connectivity index (χ2n) is 10.9. The van der Waals surface area contributed by atoms with Crippen molar-refractivity contribution in [2.24, 2.45) is 15.4 Å². The van der Waals surface area contributed by atoms with Gasteiger partial charge in [0.05, 0.1) is 22.6 Å². The van der Waals surface area contributed by atoms with E-state index < -0.39 is 0 Å². The maximum absolute atomic E-state index is 5.25. The van der Waals surface area contributed by atoms with Gasteiger partial charge in [-0.05, 0) is 70.6 Å². The third-order valence-corrected chi connectivity index (χ3v) is 8.39. The molecule has 4 heterocycles. The molecule has 2 aromatic heterocycles. The SMILES string of the molecule is CC12C=CC(c3ccc4ccc(C5=Nc6c(ccc7cccnc67)CC5)cc4c3)=NC1c1ncccc1C=C2. The lowest BCUT2D eigenvalue weighted by Crippen LogP contribution is -2.28. The van der Waals surface area contributed by atoms with E-state index in [-0.39, 0.29) is 11.5 Å². The van der Waals surface area contributed by atoms with Crippen molar-refractivity contribution in [2.45, 2.75) is 25.8 Å². The van der Waals surface area contributed by atoms with E-state index in [1.54, 1.807) is 0 Å². The summed E-state index contributed by atoms with van der Waals surface area (Å²) in [6, 6.07) is 25.8. The highest BCUT2D eigenvalue weighted by atomic mass is 14.9. The van der Waals surface area contributed by atoms with Crippen molar-refractivity contribution in [3.8, 4) is 0 Å². The number of rotatable bonds is 2. The van der Waals surface area contributed by atoms with E-state index in [1.165, 1.54) is 21.9 Å². The lowest BCUT2D eigenvalue weighted by molar-refractivity contribution is 0.421. The molecule has 0 bridgehead atoms. The largest absolute Gasteiger partial charge is 0.274 e. The Morgan fingerprint density at radius 3 is 2.49 bits per heavy atom. The minimum Gasteiger partial charge on any atom is -0.274 e. The molecule has 0 radical (unpaired) electrons. The van der Waals surface area contributed by atoms with E-state index in [4.69, 9.17) is 15.0 Å². The summed E-state index contributed by atoms with van der Waals surface area (Å²) in [6.07, 6.45) is 14.5. The zero-order chi connectivity index (χ0) is 26.0. The van der Waals surface area contributed by atoms with Crippen LogP contribution in [0.2, 0.25) is 0 Å². The van der Waals surface area contributed by atoms with Gasteiger partial charge >= 0.3 is 0 Å². The number of hydrogen-bond acceptors (Lipinski definition) is 4. The van der Waals surface area contributed by atoms with Gasteiger partial charge in [0.2, 0.25) is 0 Å². The van der Waals surface area contributed by atoms with Crippen molar-refractivity contribution in [1.82, 2.24) is 9.97 Å². The van der Waals surface area contributed by atoms with Gasteiger partial charge in [-0.25, -0.2) is 0 Å². The highest BCUT2D eigenvalue weighted by molar-refractivity contribution is 6.12. The molecule has 3 aliphatic rings. The Hall–Kier alpha value is -4.70. The van der Waals surface area contributed by atoms with E-state index >= 15 is 0 Å². The van der Waals surface area contributed by atoms with E-state index in [0.717, 1.165) is 57.7 Å². The number of dihydropyridines is 1. The Bertz CT molecular complexity index is 1940. The highest BCUT2D eigenvalue weighted by Gasteiger charge is 2.37. The van der Waals surface area contributed by atoms with Crippen LogP contribution in [0.15, 0.2) is 113 Å². The van der Waals surface area contributed by atoms with E-state index in [1.807, 2.05) is 24.5 Å². The Labute approximate surface area is 227 Å². The molecule has 0 saturated heterocycles. The van der Waals surface area contributed by atoms with Crippen LogP contribution >= 0.6 is 0 Å². The van der Waals surface area contributed by atoms with Crippen molar-refractivity contribution in [3.05, 3.63) is 131 Å². The molecule has 186 valence electrons. The number of aliphatic imine (C=N–C) groups is 2. The van der Waals surface area contributed by atoms with Gasteiger partial charge in [0.15, 0.2) is 0 Å². The number of aromatic nitrogens is 2. The number of benzene rings is 3. The predicted molar refractivity (Wildman–Crippen MR) is 160 cm³/mol. The van der Waals surface area contributed by atoms with Crippen LogP contribution in [-0.4, -0.2) is 21.4 Å². The van der Waals surface area contributed by atoms with Crippen LogP contribution in [0.4, 0.5) is 5.69 Å². The first-order valence-corrected chi connectivity index (χ1v) is 13.5. The Balaban J connectivity index is 1.19. The van der Waals surface area contributed by atoms with Crippen LogP contribution in [0, 0.1) is 5.41 Å². The predicted octanol–water partition coefficient (Wildman–Crippen LogP) is 7.98. The Morgan fingerprint density at radius 2 is 1.54 bits per heavy atom. The summed E-state index contributed by atoms with van der Waals surface area (Å²) in [4.78, 5) is 19.8. The summed E-state index contributed by atoms with van der Waals surface area (Å²) in [6.45, 7) is 2.23. The topological polar surface area (TPSA) is 50.5 Å². The maximum atomic E-state index is 5.25. The van der Waals surface area contributed by atoms with Crippen molar-refractivity contribution in [2.75, 3.05) is 0 Å². The fraction of sp³-hybridized carbons (Fsp3) is 0.143. The number of nitrogens with zero attached hydrogens (tertiary/aromatic N) is 4. The second kappa shape index (κ2) is 8.40. The molecule has 0 fully saturated rings. The zero-order valence-corrected chi connectivity index (χ0v) is 21.7. The number of allylic oxidation sites excluding steroid dienone is 1. The first-order chi connectivity index (χ1) is 19.1. The first-order valence-electron chi connectivity index (χ1n) is 13.5. The molecule has 3 aromatic carbocycles. The van der Waals surface area contributed by atoms with Crippen molar-refractivity contribution >= 4 is 44.9 Å². The average Bonchev–Trinajstić information content (AvgIpc) is 3.00. The minimum atomic E-state index is -0.163.